The maximum atomic E-state index is 12.3. The average Bonchev–Trinajstić information content (AvgIpc) is 2.95. The number of nitrogens with one attached hydrogen (secondary N) is 1. The molecule has 6 heteroatoms. The van der Waals surface area contributed by atoms with Crippen LogP contribution in [0.1, 0.15) is 38.4 Å². The van der Waals surface area contributed by atoms with Gasteiger partial charge in [-0.25, -0.2) is 9.78 Å². The molecule has 1 aromatic heterocycles. The molecule has 2 fully saturated rings. The highest BCUT2D eigenvalue weighted by molar-refractivity contribution is 6.07. The molecule has 3 rings (SSSR count). The quantitative estimate of drug-likeness (QED) is 0.857. The van der Waals surface area contributed by atoms with E-state index in [1.807, 2.05) is 17.8 Å². The Hall–Kier alpha value is -1.85. The van der Waals surface area contributed by atoms with Gasteiger partial charge >= 0.3 is 6.03 Å². The normalized spacial score (nSPS) is 29.2. The molecule has 0 bridgehead atoms. The number of urea groups is 1. The molecule has 2 aliphatic rings. The smallest absolute Gasteiger partial charge is 0.325 e. The van der Waals surface area contributed by atoms with Crippen LogP contribution in [-0.2, 0) is 18.3 Å². The van der Waals surface area contributed by atoms with Crippen LogP contribution in [0.15, 0.2) is 12.4 Å². The van der Waals surface area contributed by atoms with Gasteiger partial charge in [0.05, 0.1) is 0 Å². The third kappa shape index (κ3) is 2.32. The minimum Gasteiger partial charge on any atom is -0.338 e. The maximum absolute atomic E-state index is 12.3. The van der Waals surface area contributed by atoms with Gasteiger partial charge in [-0.15, -0.1) is 0 Å². The Balaban J connectivity index is 1.76. The van der Waals surface area contributed by atoms with Gasteiger partial charge in [-0.1, -0.05) is 6.92 Å². The van der Waals surface area contributed by atoms with Crippen molar-refractivity contribution in [3.05, 3.63) is 18.2 Å². The predicted molar refractivity (Wildman–Crippen MR) is 77.5 cm³/mol. The summed E-state index contributed by atoms with van der Waals surface area (Å²) in [4.78, 5) is 30.5. The van der Waals surface area contributed by atoms with Gasteiger partial charge in [0.15, 0.2) is 0 Å². The summed E-state index contributed by atoms with van der Waals surface area (Å²) in [6, 6.07) is -0.247. The Bertz CT molecular complexity index is 558. The Kier molecular flexibility index (Phi) is 3.47. The van der Waals surface area contributed by atoms with Crippen molar-refractivity contribution in [1.82, 2.24) is 19.8 Å². The molecular formula is C15H22N4O2. The lowest BCUT2D eigenvalue weighted by atomic mass is 9.76. The van der Waals surface area contributed by atoms with Crippen LogP contribution in [0.3, 0.4) is 0 Å². The number of nitrogens with zero attached hydrogens (tertiary/aromatic N) is 3. The van der Waals surface area contributed by atoms with Crippen LogP contribution in [0.2, 0.25) is 0 Å². The number of carbonyl (C=O) groups excluding carboxylic acids is 2. The molecule has 1 N–H and O–H groups in total. The second kappa shape index (κ2) is 5.16. The number of imide groups is 1. The van der Waals surface area contributed by atoms with E-state index in [1.54, 1.807) is 11.1 Å². The summed E-state index contributed by atoms with van der Waals surface area (Å²) >= 11 is 0. The fourth-order valence-electron chi connectivity index (χ4n) is 3.50. The summed E-state index contributed by atoms with van der Waals surface area (Å²) in [5.74, 6) is 1.45. The number of hydrogen-bond donors (Lipinski definition) is 1. The third-order valence-corrected chi connectivity index (χ3v) is 4.99. The lowest BCUT2D eigenvalue weighted by molar-refractivity contribution is -0.128. The fraction of sp³-hybridized carbons (Fsp3) is 0.667. The minimum atomic E-state index is -0.616. The van der Waals surface area contributed by atoms with Crippen molar-refractivity contribution in [1.29, 1.82) is 0 Å². The number of imidazole rings is 1. The van der Waals surface area contributed by atoms with Crippen molar-refractivity contribution in [2.24, 2.45) is 13.0 Å². The van der Waals surface area contributed by atoms with Crippen molar-refractivity contribution in [2.45, 2.75) is 44.6 Å². The van der Waals surface area contributed by atoms with E-state index < -0.39 is 5.54 Å². The van der Waals surface area contributed by atoms with E-state index in [0.717, 1.165) is 31.5 Å². The summed E-state index contributed by atoms with van der Waals surface area (Å²) in [5, 5.41) is 2.51. The van der Waals surface area contributed by atoms with Crippen molar-refractivity contribution >= 4 is 11.9 Å². The number of rotatable bonds is 3. The van der Waals surface area contributed by atoms with Crippen LogP contribution in [0.4, 0.5) is 4.79 Å². The highest BCUT2D eigenvalue weighted by Crippen LogP contribution is 2.39. The number of carbonyl (C=O) groups is 2. The molecule has 0 unspecified atom stereocenters. The van der Waals surface area contributed by atoms with E-state index in [2.05, 4.69) is 17.2 Å². The summed E-state index contributed by atoms with van der Waals surface area (Å²) in [5.41, 5.74) is -0.616. The average molecular weight is 290 g/mol. The standard InChI is InChI=1S/C15H22N4O2/c1-11-3-6-15(7-4-11)13(20)17-14(21)19(15)9-5-12-16-8-10-18(12)2/h8,10-11H,3-7,9H2,1-2H3,(H,17,20,21). The molecule has 1 aliphatic heterocycles. The largest absolute Gasteiger partial charge is 0.338 e. The van der Waals surface area contributed by atoms with Crippen molar-refractivity contribution in [3.8, 4) is 0 Å². The Morgan fingerprint density at radius 1 is 1.38 bits per heavy atom. The molecule has 0 atom stereocenters. The molecule has 21 heavy (non-hydrogen) atoms. The molecule has 114 valence electrons. The van der Waals surface area contributed by atoms with Crippen molar-refractivity contribution in [2.75, 3.05) is 6.54 Å². The molecule has 6 nitrogen and oxygen atoms in total. The van der Waals surface area contributed by atoms with Gasteiger partial charge in [-0.05, 0) is 31.6 Å². The second-order valence-electron chi connectivity index (χ2n) is 6.33. The van der Waals surface area contributed by atoms with Crippen LogP contribution in [-0.4, -0.2) is 38.5 Å². The predicted octanol–water partition coefficient (Wildman–Crippen LogP) is 1.46. The van der Waals surface area contributed by atoms with Crippen LogP contribution in [0.5, 0.6) is 0 Å². The zero-order valence-corrected chi connectivity index (χ0v) is 12.6. The van der Waals surface area contributed by atoms with E-state index in [4.69, 9.17) is 0 Å². The molecular weight excluding hydrogens is 268 g/mol. The molecule has 1 aromatic rings. The Labute approximate surface area is 124 Å². The van der Waals surface area contributed by atoms with E-state index in [1.165, 1.54) is 0 Å². The first kappa shape index (κ1) is 14.1. The lowest BCUT2D eigenvalue weighted by Crippen LogP contribution is -2.52. The summed E-state index contributed by atoms with van der Waals surface area (Å²) < 4.78 is 1.95. The van der Waals surface area contributed by atoms with Crippen LogP contribution in [0, 0.1) is 5.92 Å². The monoisotopic (exact) mass is 290 g/mol. The first-order valence-corrected chi connectivity index (χ1v) is 7.62. The minimum absolute atomic E-state index is 0.112. The topological polar surface area (TPSA) is 67.2 Å². The van der Waals surface area contributed by atoms with Gasteiger partial charge in [-0.2, -0.15) is 0 Å². The van der Waals surface area contributed by atoms with Crippen molar-refractivity contribution < 1.29 is 9.59 Å². The molecule has 0 radical (unpaired) electrons. The van der Waals surface area contributed by atoms with Gasteiger partial charge in [0, 0.05) is 32.4 Å². The lowest BCUT2D eigenvalue weighted by Gasteiger charge is -2.40. The number of aromatic nitrogens is 2. The highest BCUT2D eigenvalue weighted by Gasteiger charge is 2.53. The molecule has 2 heterocycles. The summed E-state index contributed by atoms with van der Waals surface area (Å²) in [6.07, 6.45) is 7.85. The van der Waals surface area contributed by atoms with Gasteiger partial charge in [0.25, 0.3) is 5.91 Å². The summed E-state index contributed by atoms with van der Waals surface area (Å²) in [7, 11) is 1.94. The van der Waals surface area contributed by atoms with Crippen LogP contribution >= 0.6 is 0 Å². The van der Waals surface area contributed by atoms with Gasteiger partial charge in [0.2, 0.25) is 0 Å². The molecule has 1 spiro atoms. The molecule has 1 saturated heterocycles. The second-order valence-corrected chi connectivity index (χ2v) is 6.33. The summed E-state index contributed by atoms with van der Waals surface area (Å²) in [6.45, 7) is 2.75. The van der Waals surface area contributed by atoms with E-state index in [-0.39, 0.29) is 11.9 Å². The molecule has 1 aliphatic carbocycles. The van der Waals surface area contributed by atoms with Gasteiger partial charge in [0.1, 0.15) is 11.4 Å². The first-order valence-electron chi connectivity index (χ1n) is 7.62. The highest BCUT2D eigenvalue weighted by atomic mass is 16.2. The number of amides is 3. The van der Waals surface area contributed by atoms with E-state index >= 15 is 0 Å². The maximum Gasteiger partial charge on any atom is 0.325 e. The van der Waals surface area contributed by atoms with E-state index in [0.29, 0.717) is 18.9 Å². The van der Waals surface area contributed by atoms with Crippen molar-refractivity contribution in [3.63, 3.8) is 0 Å². The van der Waals surface area contributed by atoms with Crippen LogP contribution in [0.25, 0.3) is 0 Å². The Morgan fingerprint density at radius 3 is 2.71 bits per heavy atom. The van der Waals surface area contributed by atoms with Gasteiger partial charge < -0.3 is 9.47 Å². The molecule has 3 amide bonds. The number of hydrogen-bond acceptors (Lipinski definition) is 3. The molecule has 0 aromatic carbocycles. The third-order valence-electron chi connectivity index (χ3n) is 4.99. The van der Waals surface area contributed by atoms with Crippen LogP contribution < -0.4 is 5.32 Å². The Morgan fingerprint density at radius 2 is 2.10 bits per heavy atom. The van der Waals surface area contributed by atoms with Gasteiger partial charge in [-0.3, -0.25) is 10.1 Å². The zero-order chi connectivity index (χ0) is 15.0. The zero-order valence-electron chi connectivity index (χ0n) is 12.6. The number of aryl methyl sites for hydroxylation is 1. The fourth-order valence-corrected chi connectivity index (χ4v) is 3.50. The molecule has 1 saturated carbocycles. The SMILES string of the molecule is CC1CCC2(CC1)C(=O)NC(=O)N2CCc1nccn1C. The van der Waals surface area contributed by atoms with E-state index in [9.17, 15) is 9.59 Å². The first-order chi connectivity index (χ1) is 10.0.